The molecular formula is C15H22FN3O2. The van der Waals surface area contributed by atoms with E-state index in [9.17, 15) is 14.3 Å². The van der Waals surface area contributed by atoms with Gasteiger partial charge < -0.3 is 16.2 Å². The molecule has 0 bridgehead atoms. The lowest BCUT2D eigenvalue weighted by molar-refractivity contribution is -0.122. The molecule has 6 heteroatoms. The Hall–Kier alpha value is -1.66. The minimum Gasteiger partial charge on any atom is -0.399 e. The zero-order chi connectivity index (χ0) is 15.6. The van der Waals surface area contributed by atoms with E-state index in [1.165, 1.54) is 18.2 Å². The second-order valence-electron chi connectivity index (χ2n) is 5.94. The number of piperidine rings is 1. The lowest BCUT2D eigenvalue weighted by Crippen LogP contribution is -2.50. The summed E-state index contributed by atoms with van der Waals surface area (Å²) in [6, 6.07) is 3.69. The number of anilines is 2. The van der Waals surface area contributed by atoms with Crippen LogP contribution in [-0.4, -0.2) is 40.6 Å². The van der Waals surface area contributed by atoms with Crippen LogP contribution in [0.15, 0.2) is 18.2 Å². The first-order valence-corrected chi connectivity index (χ1v) is 7.11. The highest BCUT2D eigenvalue weighted by Gasteiger charge is 2.31. The van der Waals surface area contributed by atoms with Crippen molar-refractivity contribution >= 4 is 17.3 Å². The number of nitrogens with one attached hydrogen (secondary N) is 1. The zero-order valence-corrected chi connectivity index (χ0v) is 12.4. The first-order chi connectivity index (χ1) is 9.78. The summed E-state index contributed by atoms with van der Waals surface area (Å²) in [4.78, 5) is 14.2. The minimum absolute atomic E-state index is 0.0934. The van der Waals surface area contributed by atoms with Crippen LogP contribution in [0.3, 0.4) is 0 Å². The number of nitrogens with zero attached hydrogens (tertiary/aromatic N) is 1. The summed E-state index contributed by atoms with van der Waals surface area (Å²) < 4.78 is 13.6. The predicted octanol–water partition coefficient (Wildman–Crippen LogP) is 1.58. The lowest BCUT2D eigenvalue weighted by Gasteiger charge is -2.38. The molecule has 1 amide bonds. The van der Waals surface area contributed by atoms with Gasteiger partial charge in [0.2, 0.25) is 5.91 Å². The van der Waals surface area contributed by atoms with Crippen LogP contribution in [0.4, 0.5) is 15.8 Å². The molecule has 0 radical (unpaired) electrons. The third-order valence-corrected chi connectivity index (χ3v) is 4.05. The SMILES string of the molecule is CC(C(=O)Nc1cc(N)ccc1F)N1CCC(C)(O)CC1. The number of carbonyl (C=O) groups excluding carboxylic acids is 1. The number of aliphatic hydroxyl groups is 1. The van der Waals surface area contributed by atoms with Gasteiger partial charge in [-0.3, -0.25) is 9.69 Å². The molecule has 1 saturated heterocycles. The Morgan fingerprint density at radius 2 is 2.10 bits per heavy atom. The molecule has 1 aliphatic heterocycles. The van der Waals surface area contributed by atoms with Crippen molar-refractivity contribution in [2.45, 2.75) is 38.3 Å². The molecular weight excluding hydrogens is 273 g/mol. The molecule has 1 aromatic rings. The summed E-state index contributed by atoms with van der Waals surface area (Å²) in [6.45, 7) is 4.86. The van der Waals surface area contributed by atoms with Crippen LogP contribution in [0.5, 0.6) is 0 Å². The van der Waals surface area contributed by atoms with E-state index in [0.717, 1.165) is 0 Å². The predicted molar refractivity (Wildman–Crippen MR) is 80.3 cm³/mol. The zero-order valence-electron chi connectivity index (χ0n) is 12.4. The van der Waals surface area contributed by atoms with E-state index in [-0.39, 0.29) is 17.6 Å². The van der Waals surface area contributed by atoms with Crippen molar-refractivity contribution in [2.24, 2.45) is 0 Å². The highest BCUT2D eigenvalue weighted by atomic mass is 19.1. The standard InChI is InChI=1S/C15H22FN3O2/c1-10(19-7-5-15(2,21)6-8-19)14(20)18-13-9-11(17)3-4-12(13)16/h3-4,9-10,21H,5-8,17H2,1-2H3,(H,18,20). The van der Waals surface area contributed by atoms with Crippen LogP contribution in [0.25, 0.3) is 0 Å². The van der Waals surface area contributed by atoms with Gasteiger partial charge >= 0.3 is 0 Å². The van der Waals surface area contributed by atoms with E-state index in [2.05, 4.69) is 5.32 Å². The Bertz CT molecular complexity index is 524. The highest BCUT2D eigenvalue weighted by molar-refractivity contribution is 5.95. The van der Waals surface area contributed by atoms with E-state index >= 15 is 0 Å². The molecule has 1 aliphatic rings. The molecule has 0 saturated carbocycles. The van der Waals surface area contributed by atoms with Gasteiger partial charge in [-0.05, 0) is 44.9 Å². The van der Waals surface area contributed by atoms with Crippen molar-refractivity contribution in [1.29, 1.82) is 0 Å². The Morgan fingerprint density at radius 1 is 1.48 bits per heavy atom. The molecule has 116 valence electrons. The van der Waals surface area contributed by atoms with Gasteiger partial charge in [0.25, 0.3) is 0 Å². The maximum atomic E-state index is 13.6. The quantitative estimate of drug-likeness (QED) is 0.740. The maximum Gasteiger partial charge on any atom is 0.241 e. The van der Waals surface area contributed by atoms with Crippen molar-refractivity contribution < 1.29 is 14.3 Å². The van der Waals surface area contributed by atoms with Gasteiger partial charge in [0.1, 0.15) is 5.82 Å². The minimum atomic E-state index is -0.660. The molecule has 1 fully saturated rings. The molecule has 21 heavy (non-hydrogen) atoms. The molecule has 1 heterocycles. The van der Waals surface area contributed by atoms with E-state index in [0.29, 0.717) is 31.6 Å². The third-order valence-electron chi connectivity index (χ3n) is 4.05. The Morgan fingerprint density at radius 3 is 2.71 bits per heavy atom. The van der Waals surface area contributed by atoms with Gasteiger partial charge in [-0.2, -0.15) is 0 Å². The molecule has 4 N–H and O–H groups in total. The van der Waals surface area contributed by atoms with Gasteiger partial charge in [-0.1, -0.05) is 0 Å². The summed E-state index contributed by atoms with van der Waals surface area (Å²) in [5, 5.41) is 12.5. The molecule has 1 aromatic carbocycles. The fraction of sp³-hybridized carbons (Fsp3) is 0.533. The van der Waals surface area contributed by atoms with Crippen LogP contribution in [-0.2, 0) is 4.79 Å². The summed E-state index contributed by atoms with van der Waals surface area (Å²) in [5.41, 5.74) is 5.43. The molecule has 2 rings (SSSR count). The van der Waals surface area contributed by atoms with E-state index in [1.807, 2.05) is 4.90 Å². The van der Waals surface area contributed by atoms with Gasteiger partial charge in [0.05, 0.1) is 17.3 Å². The van der Waals surface area contributed by atoms with Crippen LogP contribution < -0.4 is 11.1 Å². The number of nitrogen functional groups attached to an aromatic ring is 1. The molecule has 0 aromatic heterocycles. The van der Waals surface area contributed by atoms with Crippen molar-refractivity contribution in [3.8, 4) is 0 Å². The highest BCUT2D eigenvalue weighted by Crippen LogP contribution is 2.23. The largest absolute Gasteiger partial charge is 0.399 e. The van der Waals surface area contributed by atoms with Crippen LogP contribution in [0.1, 0.15) is 26.7 Å². The van der Waals surface area contributed by atoms with E-state index < -0.39 is 11.4 Å². The summed E-state index contributed by atoms with van der Waals surface area (Å²) in [5.74, 6) is -0.785. The molecule has 0 aliphatic carbocycles. The number of carbonyl (C=O) groups is 1. The topological polar surface area (TPSA) is 78.6 Å². The van der Waals surface area contributed by atoms with Gasteiger partial charge in [-0.15, -0.1) is 0 Å². The number of nitrogens with two attached hydrogens (primary N) is 1. The fourth-order valence-electron chi connectivity index (χ4n) is 2.43. The molecule has 1 atom stereocenters. The fourth-order valence-corrected chi connectivity index (χ4v) is 2.43. The number of benzene rings is 1. The number of amides is 1. The average Bonchev–Trinajstić information content (AvgIpc) is 2.42. The first-order valence-electron chi connectivity index (χ1n) is 7.11. The number of halogens is 1. The summed E-state index contributed by atoms with van der Waals surface area (Å²) >= 11 is 0. The molecule has 5 nitrogen and oxygen atoms in total. The Balaban J connectivity index is 1.98. The number of likely N-dealkylation sites (tertiary alicyclic amines) is 1. The van der Waals surface area contributed by atoms with Crippen molar-refractivity contribution in [3.63, 3.8) is 0 Å². The second kappa shape index (κ2) is 5.99. The van der Waals surface area contributed by atoms with Gasteiger partial charge in [-0.25, -0.2) is 4.39 Å². The summed E-state index contributed by atoms with van der Waals surface area (Å²) in [6.07, 6.45) is 1.24. The Kier molecular flexibility index (Phi) is 4.49. The second-order valence-corrected chi connectivity index (χ2v) is 5.94. The number of rotatable bonds is 3. The average molecular weight is 295 g/mol. The maximum absolute atomic E-state index is 13.6. The smallest absolute Gasteiger partial charge is 0.241 e. The summed E-state index contributed by atoms with van der Waals surface area (Å²) in [7, 11) is 0. The molecule has 1 unspecified atom stereocenters. The molecule has 0 spiro atoms. The van der Waals surface area contributed by atoms with Crippen LogP contribution >= 0.6 is 0 Å². The first kappa shape index (κ1) is 15.7. The van der Waals surface area contributed by atoms with Crippen LogP contribution in [0.2, 0.25) is 0 Å². The van der Waals surface area contributed by atoms with Crippen LogP contribution in [0, 0.1) is 5.82 Å². The van der Waals surface area contributed by atoms with Crippen molar-refractivity contribution in [2.75, 3.05) is 24.1 Å². The van der Waals surface area contributed by atoms with E-state index in [4.69, 9.17) is 5.73 Å². The number of hydrogen-bond acceptors (Lipinski definition) is 4. The third kappa shape index (κ3) is 3.92. The van der Waals surface area contributed by atoms with Gasteiger partial charge in [0.15, 0.2) is 0 Å². The number of hydrogen-bond donors (Lipinski definition) is 3. The normalized spacial score (nSPS) is 20.0. The lowest BCUT2D eigenvalue weighted by atomic mass is 9.93. The van der Waals surface area contributed by atoms with Gasteiger partial charge in [0, 0.05) is 18.8 Å². The monoisotopic (exact) mass is 295 g/mol. The van der Waals surface area contributed by atoms with E-state index in [1.54, 1.807) is 13.8 Å². The van der Waals surface area contributed by atoms with Crippen molar-refractivity contribution in [1.82, 2.24) is 4.90 Å². The Labute approximate surface area is 123 Å². The van der Waals surface area contributed by atoms with Crippen molar-refractivity contribution in [3.05, 3.63) is 24.0 Å².